The summed E-state index contributed by atoms with van der Waals surface area (Å²) >= 11 is 0. The Bertz CT molecular complexity index is 403. The molecule has 1 aliphatic rings. The van der Waals surface area contributed by atoms with Crippen LogP contribution in [0.1, 0.15) is 10.5 Å². The van der Waals surface area contributed by atoms with Crippen molar-refractivity contribution in [1.29, 1.82) is 0 Å². The number of ether oxygens (including phenoxy) is 2. The largest absolute Gasteiger partial charge is 0.467 e. The summed E-state index contributed by atoms with van der Waals surface area (Å²) in [6, 6.07) is 1.48. The lowest BCUT2D eigenvalue weighted by molar-refractivity contribution is -0.158. The van der Waals surface area contributed by atoms with Gasteiger partial charge in [0.1, 0.15) is 6.26 Å². The van der Waals surface area contributed by atoms with Crippen LogP contribution in [0.2, 0.25) is 0 Å². The van der Waals surface area contributed by atoms with Crippen LogP contribution < -0.4 is 0 Å². The molecular formula is C10H12N2O5. The average molecular weight is 240 g/mol. The quantitative estimate of drug-likeness (QED) is 0.659. The molecule has 2 rings (SSSR count). The first-order valence-corrected chi connectivity index (χ1v) is 5.11. The van der Waals surface area contributed by atoms with Gasteiger partial charge in [-0.1, -0.05) is 5.16 Å². The van der Waals surface area contributed by atoms with Crippen LogP contribution in [-0.4, -0.2) is 54.8 Å². The first kappa shape index (κ1) is 11.6. The van der Waals surface area contributed by atoms with Crippen LogP contribution in [-0.2, 0) is 14.3 Å². The van der Waals surface area contributed by atoms with Gasteiger partial charge in [-0.2, -0.15) is 0 Å². The molecule has 0 N–H and O–H groups in total. The molecule has 0 radical (unpaired) electrons. The first-order chi connectivity index (χ1) is 8.22. The molecule has 7 heteroatoms. The second kappa shape index (κ2) is 4.96. The summed E-state index contributed by atoms with van der Waals surface area (Å²) in [6.07, 6.45) is 0.593. The number of morpholine rings is 1. The highest BCUT2D eigenvalue weighted by molar-refractivity contribution is 5.92. The lowest BCUT2D eigenvalue weighted by Crippen LogP contribution is -2.49. The molecule has 0 aliphatic carbocycles. The summed E-state index contributed by atoms with van der Waals surface area (Å²) in [5, 5.41) is 3.56. The predicted octanol–water partition coefficient (Wildman–Crippen LogP) is -0.311. The molecule has 1 amide bonds. The van der Waals surface area contributed by atoms with Gasteiger partial charge in [0.15, 0.2) is 11.8 Å². The van der Waals surface area contributed by atoms with E-state index < -0.39 is 12.1 Å². The molecule has 1 aliphatic heterocycles. The van der Waals surface area contributed by atoms with Crippen molar-refractivity contribution in [2.45, 2.75) is 6.10 Å². The van der Waals surface area contributed by atoms with E-state index in [2.05, 4.69) is 14.4 Å². The van der Waals surface area contributed by atoms with Crippen molar-refractivity contribution in [3.63, 3.8) is 0 Å². The van der Waals surface area contributed by atoms with Crippen LogP contribution in [0.3, 0.4) is 0 Å². The fourth-order valence-corrected chi connectivity index (χ4v) is 1.59. The van der Waals surface area contributed by atoms with Crippen LogP contribution in [0.25, 0.3) is 0 Å². The molecular weight excluding hydrogens is 228 g/mol. The van der Waals surface area contributed by atoms with Gasteiger partial charge < -0.3 is 18.9 Å². The molecule has 2 heterocycles. The summed E-state index contributed by atoms with van der Waals surface area (Å²) in [5.41, 5.74) is 0.218. The Labute approximate surface area is 97.3 Å². The summed E-state index contributed by atoms with van der Waals surface area (Å²) < 4.78 is 14.4. The van der Waals surface area contributed by atoms with E-state index in [0.29, 0.717) is 13.2 Å². The van der Waals surface area contributed by atoms with Crippen molar-refractivity contribution in [1.82, 2.24) is 10.1 Å². The molecule has 0 aromatic carbocycles. The fourth-order valence-electron chi connectivity index (χ4n) is 1.59. The lowest BCUT2D eigenvalue weighted by Gasteiger charge is -2.30. The SMILES string of the molecule is COC(=O)C1CN(C(=O)c2ccon2)CCO1. The number of amides is 1. The summed E-state index contributed by atoms with van der Waals surface area (Å²) in [4.78, 5) is 24.7. The van der Waals surface area contributed by atoms with E-state index >= 15 is 0 Å². The Morgan fingerprint density at radius 1 is 1.59 bits per heavy atom. The summed E-state index contributed by atoms with van der Waals surface area (Å²) in [7, 11) is 1.28. The number of nitrogens with zero attached hydrogens (tertiary/aromatic N) is 2. The normalized spacial score (nSPS) is 20.1. The minimum atomic E-state index is -0.732. The van der Waals surface area contributed by atoms with Crippen molar-refractivity contribution < 1.29 is 23.6 Å². The Morgan fingerprint density at radius 3 is 3.06 bits per heavy atom. The summed E-state index contributed by atoms with van der Waals surface area (Å²) in [5.74, 6) is -0.765. The van der Waals surface area contributed by atoms with Crippen LogP contribution in [0.15, 0.2) is 16.9 Å². The number of aromatic nitrogens is 1. The minimum absolute atomic E-state index is 0.165. The number of carbonyl (C=O) groups excluding carboxylic acids is 2. The van der Waals surface area contributed by atoms with E-state index in [-0.39, 0.29) is 18.1 Å². The number of hydrogen-bond acceptors (Lipinski definition) is 6. The van der Waals surface area contributed by atoms with Crippen LogP contribution >= 0.6 is 0 Å². The third-order valence-electron chi connectivity index (χ3n) is 2.47. The van der Waals surface area contributed by atoms with Gasteiger partial charge >= 0.3 is 5.97 Å². The maximum Gasteiger partial charge on any atom is 0.336 e. The Balaban J connectivity index is 2.02. The number of rotatable bonds is 2. The molecule has 1 unspecified atom stereocenters. The molecule has 0 saturated carbocycles. The van der Waals surface area contributed by atoms with Crippen molar-refractivity contribution in [3.05, 3.63) is 18.0 Å². The van der Waals surface area contributed by atoms with Crippen molar-refractivity contribution in [3.8, 4) is 0 Å². The summed E-state index contributed by atoms with van der Waals surface area (Å²) in [6.45, 7) is 0.876. The zero-order chi connectivity index (χ0) is 12.3. The van der Waals surface area contributed by atoms with E-state index in [1.807, 2.05) is 0 Å². The average Bonchev–Trinajstić information content (AvgIpc) is 2.91. The van der Waals surface area contributed by atoms with Gasteiger partial charge in [-0.05, 0) is 0 Å². The molecule has 7 nitrogen and oxygen atoms in total. The molecule has 92 valence electrons. The Morgan fingerprint density at radius 2 is 2.41 bits per heavy atom. The molecule has 0 spiro atoms. The molecule has 1 aromatic rings. The van der Waals surface area contributed by atoms with E-state index in [1.54, 1.807) is 0 Å². The van der Waals surface area contributed by atoms with Crippen LogP contribution in [0.5, 0.6) is 0 Å². The van der Waals surface area contributed by atoms with Crippen LogP contribution in [0.4, 0.5) is 0 Å². The predicted molar refractivity (Wildman–Crippen MR) is 54.2 cm³/mol. The molecule has 1 atom stereocenters. The highest BCUT2D eigenvalue weighted by atomic mass is 16.6. The van der Waals surface area contributed by atoms with Crippen molar-refractivity contribution >= 4 is 11.9 Å². The Kier molecular flexibility index (Phi) is 3.38. The molecule has 1 fully saturated rings. The zero-order valence-electron chi connectivity index (χ0n) is 9.29. The van der Waals surface area contributed by atoms with Crippen molar-refractivity contribution in [2.75, 3.05) is 26.8 Å². The number of hydrogen-bond donors (Lipinski definition) is 0. The monoisotopic (exact) mass is 240 g/mol. The van der Waals surface area contributed by atoms with Gasteiger partial charge in [0.05, 0.1) is 20.3 Å². The maximum absolute atomic E-state index is 11.9. The smallest absolute Gasteiger partial charge is 0.336 e. The second-order valence-electron chi connectivity index (χ2n) is 3.52. The molecule has 0 bridgehead atoms. The number of methoxy groups -OCH3 is 1. The number of carbonyl (C=O) groups is 2. The highest BCUT2D eigenvalue weighted by Gasteiger charge is 2.31. The standard InChI is InChI=1S/C10H12N2O5/c1-15-10(14)8-6-12(3-5-16-8)9(13)7-2-4-17-11-7/h2,4,8H,3,5-6H2,1H3. The van der Waals surface area contributed by atoms with E-state index in [9.17, 15) is 9.59 Å². The van der Waals surface area contributed by atoms with Gasteiger partial charge in [-0.25, -0.2) is 4.79 Å². The van der Waals surface area contributed by atoms with Gasteiger partial charge in [0.2, 0.25) is 0 Å². The molecule has 17 heavy (non-hydrogen) atoms. The molecule has 1 saturated heterocycles. The first-order valence-electron chi connectivity index (χ1n) is 5.11. The van der Waals surface area contributed by atoms with Gasteiger partial charge in [0.25, 0.3) is 5.91 Å². The highest BCUT2D eigenvalue weighted by Crippen LogP contribution is 2.10. The second-order valence-corrected chi connectivity index (χ2v) is 3.52. The van der Waals surface area contributed by atoms with Crippen molar-refractivity contribution in [2.24, 2.45) is 0 Å². The topological polar surface area (TPSA) is 81.9 Å². The van der Waals surface area contributed by atoms with Gasteiger partial charge in [-0.3, -0.25) is 4.79 Å². The Hall–Kier alpha value is -1.89. The minimum Gasteiger partial charge on any atom is -0.467 e. The third-order valence-corrected chi connectivity index (χ3v) is 2.47. The lowest BCUT2D eigenvalue weighted by atomic mass is 10.2. The zero-order valence-corrected chi connectivity index (χ0v) is 9.29. The van der Waals surface area contributed by atoms with Gasteiger partial charge in [-0.15, -0.1) is 0 Å². The van der Waals surface area contributed by atoms with Gasteiger partial charge in [0, 0.05) is 12.6 Å². The van der Waals surface area contributed by atoms with E-state index in [0.717, 1.165) is 0 Å². The maximum atomic E-state index is 11.9. The fraction of sp³-hybridized carbons (Fsp3) is 0.500. The van der Waals surface area contributed by atoms with E-state index in [1.165, 1.54) is 24.3 Å². The molecule has 1 aromatic heterocycles. The van der Waals surface area contributed by atoms with E-state index in [4.69, 9.17) is 4.74 Å². The number of esters is 1. The third kappa shape index (κ3) is 2.44. The van der Waals surface area contributed by atoms with Crippen LogP contribution in [0, 0.1) is 0 Å².